The van der Waals surface area contributed by atoms with Gasteiger partial charge in [-0.2, -0.15) is 0 Å². The maximum absolute atomic E-state index is 12.4. The number of nitrogens with one attached hydrogen (secondary N) is 1. The van der Waals surface area contributed by atoms with Crippen LogP contribution in [0.3, 0.4) is 0 Å². The molecule has 18 heavy (non-hydrogen) atoms. The molecule has 102 valence electrons. The van der Waals surface area contributed by atoms with Gasteiger partial charge in [0.25, 0.3) is 0 Å². The van der Waals surface area contributed by atoms with Gasteiger partial charge in [0.2, 0.25) is 11.8 Å². The van der Waals surface area contributed by atoms with E-state index in [4.69, 9.17) is 0 Å². The Morgan fingerprint density at radius 1 is 1.28 bits per heavy atom. The van der Waals surface area contributed by atoms with E-state index in [1.54, 1.807) is 11.9 Å². The lowest BCUT2D eigenvalue weighted by Crippen LogP contribution is -2.57. The number of rotatable bonds is 1. The van der Waals surface area contributed by atoms with Gasteiger partial charge in [0.05, 0.1) is 0 Å². The third-order valence-corrected chi connectivity index (χ3v) is 3.88. The summed E-state index contributed by atoms with van der Waals surface area (Å²) in [6.45, 7) is 6.39. The van der Waals surface area contributed by atoms with Crippen LogP contribution in [0.15, 0.2) is 0 Å². The van der Waals surface area contributed by atoms with Crippen LogP contribution in [0.25, 0.3) is 0 Å². The first kappa shape index (κ1) is 13.3. The third kappa shape index (κ3) is 2.83. The molecule has 2 rings (SSSR count). The summed E-state index contributed by atoms with van der Waals surface area (Å²) in [6, 6.07) is 0.666. The summed E-state index contributed by atoms with van der Waals surface area (Å²) in [5.74, 6) is 0.152. The predicted octanol–water partition coefficient (Wildman–Crippen LogP) is 0.0636. The highest BCUT2D eigenvalue weighted by atomic mass is 16.2. The van der Waals surface area contributed by atoms with Gasteiger partial charge >= 0.3 is 0 Å². The number of carbonyl (C=O) groups excluding carboxylic acids is 2. The van der Waals surface area contributed by atoms with Crippen molar-refractivity contribution in [1.82, 2.24) is 15.1 Å². The molecule has 0 aromatic rings. The van der Waals surface area contributed by atoms with Gasteiger partial charge in [-0.1, -0.05) is 0 Å². The van der Waals surface area contributed by atoms with E-state index in [0.717, 1.165) is 19.5 Å². The summed E-state index contributed by atoms with van der Waals surface area (Å²) < 4.78 is 0. The second kappa shape index (κ2) is 5.26. The first-order valence-electron chi connectivity index (χ1n) is 6.76. The molecular weight excluding hydrogens is 230 g/mol. The van der Waals surface area contributed by atoms with E-state index in [-0.39, 0.29) is 17.7 Å². The second-order valence-corrected chi connectivity index (χ2v) is 5.72. The summed E-state index contributed by atoms with van der Waals surface area (Å²) >= 11 is 0. The van der Waals surface area contributed by atoms with Crippen molar-refractivity contribution in [1.29, 1.82) is 0 Å². The monoisotopic (exact) mass is 253 g/mol. The van der Waals surface area contributed by atoms with Crippen LogP contribution >= 0.6 is 0 Å². The summed E-state index contributed by atoms with van der Waals surface area (Å²) in [5.41, 5.74) is 0. The van der Waals surface area contributed by atoms with Gasteiger partial charge in [-0.3, -0.25) is 9.59 Å². The molecule has 5 nitrogen and oxygen atoms in total. The number of amides is 2. The van der Waals surface area contributed by atoms with Gasteiger partial charge in [0, 0.05) is 51.1 Å². The largest absolute Gasteiger partial charge is 0.346 e. The molecule has 0 bridgehead atoms. The number of carbonyl (C=O) groups is 2. The smallest absolute Gasteiger partial charge is 0.226 e. The highest BCUT2D eigenvalue weighted by molar-refractivity contribution is 5.87. The first-order chi connectivity index (χ1) is 8.47. The average Bonchev–Trinajstić information content (AvgIpc) is 2.30. The molecule has 2 fully saturated rings. The zero-order chi connectivity index (χ0) is 13.3. The lowest BCUT2D eigenvalue weighted by Gasteiger charge is -2.39. The Kier molecular flexibility index (Phi) is 3.90. The van der Waals surface area contributed by atoms with E-state index >= 15 is 0 Å². The van der Waals surface area contributed by atoms with Crippen LogP contribution < -0.4 is 5.32 Å². The van der Waals surface area contributed by atoms with Crippen LogP contribution in [0, 0.1) is 5.92 Å². The SMILES string of the molecule is C[C@@H]1CN(C(=O)[C@H]2CCN(C)C(=O)C2)C[C@H](C)N1. The van der Waals surface area contributed by atoms with E-state index in [1.165, 1.54) is 0 Å². The minimum atomic E-state index is -0.105. The number of likely N-dealkylation sites (tertiary alicyclic amines) is 1. The molecule has 0 aromatic carbocycles. The van der Waals surface area contributed by atoms with E-state index in [2.05, 4.69) is 19.2 Å². The van der Waals surface area contributed by atoms with Crippen LogP contribution in [0.4, 0.5) is 0 Å². The quantitative estimate of drug-likeness (QED) is 0.719. The van der Waals surface area contributed by atoms with Crippen LogP contribution in [-0.2, 0) is 9.59 Å². The molecule has 2 aliphatic rings. The van der Waals surface area contributed by atoms with Gasteiger partial charge in [0.1, 0.15) is 0 Å². The fourth-order valence-corrected chi connectivity index (χ4v) is 2.92. The molecule has 0 spiro atoms. The number of hydrogen-bond acceptors (Lipinski definition) is 3. The van der Waals surface area contributed by atoms with Crippen molar-refractivity contribution in [3.05, 3.63) is 0 Å². The number of nitrogens with zero attached hydrogens (tertiary/aromatic N) is 2. The molecule has 0 radical (unpaired) electrons. The Balaban J connectivity index is 1.96. The Labute approximate surface area is 108 Å². The minimum absolute atomic E-state index is 0.0934. The summed E-state index contributed by atoms with van der Waals surface area (Å²) in [4.78, 5) is 27.7. The van der Waals surface area contributed by atoms with Gasteiger partial charge in [-0.25, -0.2) is 0 Å². The molecule has 0 aromatic heterocycles. The zero-order valence-corrected chi connectivity index (χ0v) is 11.5. The Bertz CT molecular complexity index is 335. The van der Waals surface area contributed by atoms with Crippen LogP contribution in [0.1, 0.15) is 26.7 Å². The zero-order valence-electron chi connectivity index (χ0n) is 11.5. The minimum Gasteiger partial charge on any atom is -0.346 e. The van der Waals surface area contributed by atoms with Crippen LogP contribution in [0.5, 0.6) is 0 Å². The van der Waals surface area contributed by atoms with Gasteiger partial charge in [0.15, 0.2) is 0 Å². The molecule has 0 aliphatic carbocycles. The predicted molar refractivity (Wildman–Crippen MR) is 69.0 cm³/mol. The Morgan fingerprint density at radius 2 is 1.89 bits per heavy atom. The third-order valence-electron chi connectivity index (χ3n) is 3.88. The molecule has 2 saturated heterocycles. The molecule has 2 aliphatic heterocycles. The average molecular weight is 253 g/mol. The lowest BCUT2D eigenvalue weighted by molar-refractivity contribution is -0.145. The van der Waals surface area contributed by atoms with Gasteiger partial charge < -0.3 is 15.1 Å². The standard InChI is InChI=1S/C13H23N3O2/c1-9-7-16(8-10(2)14-9)13(18)11-4-5-15(3)12(17)6-11/h9-11,14H,4-8H2,1-3H3/t9-,10+,11-/m0/s1. The number of piperidine rings is 1. The molecule has 2 amide bonds. The Hall–Kier alpha value is -1.10. The molecular formula is C13H23N3O2. The fraction of sp³-hybridized carbons (Fsp3) is 0.846. The van der Waals surface area contributed by atoms with Crippen molar-refractivity contribution in [2.75, 3.05) is 26.7 Å². The van der Waals surface area contributed by atoms with Gasteiger partial charge in [-0.05, 0) is 20.3 Å². The fourth-order valence-electron chi connectivity index (χ4n) is 2.92. The highest BCUT2D eigenvalue weighted by Gasteiger charge is 2.34. The van der Waals surface area contributed by atoms with Crippen LogP contribution in [0.2, 0.25) is 0 Å². The number of piperazine rings is 1. The highest BCUT2D eigenvalue weighted by Crippen LogP contribution is 2.21. The first-order valence-corrected chi connectivity index (χ1v) is 6.76. The van der Waals surface area contributed by atoms with Crippen molar-refractivity contribution in [3.8, 4) is 0 Å². The molecule has 2 heterocycles. The topological polar surface area (TPSA) is 52.7 Å². The summed E-state index contributed by atoms with van der Waals surface area (Å²) in [7, 11) is 1.80. The van der Waals surface area contributed by atoms with E-state index in [0.29, 0.717) is 25.0 Å². The van der Waals surface area contributed by atoms with Crippen LogP contribution in [-0.4, -0.2) is 60.4 Å². The van der Waals surface area contributed by atoms with Crippen molar-refractivity contribution in [3.63, 3.8) is 0 Å². The maximum Gasteiger partial charge on any atom is 0.226 e. The molecule has 5 heteroatoms. The Morgan fingerprint density at radius 3 is 2.44 bits per heavy atom. The van der Waals surface area contributed by atoms with Gasteiger partial charge in [-0.15, -0.1) is 0 Å². The second-order valence-electron chi connectivity index (χ2n) is 5.72. The molecule has 0 saturated carbocycles. The lowest BCUT2D eigenvalue weighted by atomic mass is 9.94. The molecule has 0 unspecified atom stereocenters. The van der Waals surface area contributed by atoms with E-state index < -0.39 is 0 Å². The summed E-state index contributed by atoms with van der Waals surface area (Å²) in [6.07, 6.45) is 1.18. The maximum atomic E-state index is 12.4. The van der Waals surface area contributed by atoms with Crippen molar-refractivity contribution >= 4 is 11.8 Å². The normalized spacial score (nSPS) is 33.7. The van der Waals surface area contributed by atoms with Crippen molar-refractivity contribution in [2.24, 2.45) is 5.92 Å². The molecule has 1 N–H and O–H groups in total. The number of hydrogen-bond donors (Lipinski definition) is 1. The summed E-state index contributed by atoms with van der Waals surface area (Å²) in [5, 5.41) is 3.41. The molecule has 3 atom stereocenters. The van der Waals surface area contributed by atoms with Crippen molar-refractivity contribution < 1.29 is 9.59 Å². The van der Waals surface area contributed by atoms with E-state index in [1.807, 2.05) is 4.90 Å². The van der Waals surface area contributed by atoms with E-state index in [9.17, 15) is 9.59 Å². The van der Waals surface area contributed by atoms with Crippen molar-refractivity contribution in [2.45, 2.75) is 38.8 Å².